The summed E-state index contributed by atoms with van der Waals surface area (Å²) in [7, 11) is 0. The summed E-state index contributed by atoms with van der Waals surface area (Å²) >= 11 is 1.57. The van der Waals surface area contributed by atoms with E-state index in [1.54, 1.807) is 23.6 Å². The number of anilines is 1. The molecule has 0 aliphatic carbocycles. The highest BCUT2D eigenvalue weighted by Gasteiger charge is 2.06. The Hall–Kier alpha value is -1.75. The standard InChI is InChI=1S/C13H13FN2OS/c1-9(17)10-2-3-11(14)12(8-10)15-5-4-13-16-6-7-18-13/h2-3,6-8,15H,4-5H2,1H3. The first-order valence-electron chi connectivity index (χ1n) is 5.59. The van der Waals surface area contributed by atoms with Crippen molar-refractivity contribution < 1.29 is 9.18 Å². The molecule has 2 rings (SSSR count). The monoisotopic (exact) mass is 264 g/mol. The maximum Gasteiger partial charge on any atom is 0.159 e. The van der Waals surface area contributed by atoms with Gasteiger partial charge in [-0.3, -0.25) is 4.79 Å². The summed E-state index contributed by atoms with van der Waals surface area (Å²) in [6.07, 6.45) is 2.48. The van der Waals surface area contributed by atoms with E-state index >= 15 is 0 Å². The lowest BCUT2D eigenvalue weighted by Crippen LogP contribution is -2.07. The highest BCUT2D eigenvalue weighted by molar-refractivity contribution is 7.09. The topological polar surface area (TPSA) is 42.0 Å². The Bertz CT molecular complexity index is 540. The quantitative estimate of drug-likeness (QED) is 0.844. The minimum atomic E-state index is -0.348. The zero-order valence-electron chi connectivity index (χ0n) is 9.94. The fourth-order valence-electron chi connectivity index (χ4n) is 1.56. The van der Waals surface area contributed by atoms with Crippen LogP contribution in [0.4, 0.5) is 10.1 Å². The van der Waals surface area contributed by atoms with Crippen molar-refractivity contribution >= 4 is 22.8 Å². The second kappa shape index (κ2) is 5.73. The molecule has 3 nitrogen and oxygen atoms in total. The van der Waals surface area contributed by atoms with Crippen molar-refractivity contribution in [2.45, 2.75) is 13.3 Å². The van der Waals surface area contributed by atoms with Gasteiger partial charge in [0, 0.05) is 30.1 Å². The third kappa shape index (κ3) is 3.13. The first kappa shape index (κ1) is 12.7. The van der Waals surface area contributed by atoms with Crippen LogP contribution in [0.3, 0.4) is 0 Å². The Morgan fingerprint density at radius 3 is 3.00 bits per heavy atom. The van der Waals surface area contributed by atoms with Crippen LogP contribution in [0.15, 0.2) is 29.8 Å². The predicted octanol–water partition coefficient (Wildman–Crippen LogP) is 3.14. The minimum absolute atomic E-state index is 0.0713. The molecule has 1 aromatic carbocycles. The molecule has 1 heterocycles. The number of hydrogen-bond donors (Lipinski definition) is 1. The van der Waals surface area contributed by atoms with Crippen molar-refractivity contribution in [2.24, 2.45) is 0 Å². The smallest absolute Gasteiger partial charge is 0.159 e. The fourth-order valence-corrected chi connectivity index (χ4v) is 2.18. The summed E-state index contributed by atoms with van der Waals surface area (Å²) in [6, 6.07) is 4.34. The Labute approximate surface area is 109 Å². The average Bonchev–Trinajstić information content (AvgIpc) is 2.84. The molecule has 0 aliphatic rings. The maximum absolute atomic E-state index is 13.5. The number of Topliss-reactive ketones (excluding diaryl/α,β-unsaturated/α-hetero) is 1. The summed E-state index contributed by atoms with van der Waals surface area (Å²) in [5, 5.41) is 5.90. The van der Waals surface area contributed by atoms with Crippen molar-refractivity contribution in [3.8, 4) is 0 Å². The predicted molar refractivity (Wildman–Crippen MR) is 70.7 cm³/mol. The summed E-state index contributed by atoms with van der Waals surface area (Å²) in [5.41, 5.74) is 0.868. The number of carbonyl (C=O) groups is 1. The molecule has 0 atom stereocenters. The van der Waals surface area contributed by atoms with Crippen LogP contribution in [-0.4, -0.2) is 17.3 Å². The molecule has 0 radical (unpaired) electrons. The van der Waals surface area contributed by atoms with Gasteiger partial charge in [-0.05, 0) is 25.1 Å². The van der Waals surface area contributed by atoms with Crippen molar-refractivity contribution in [1.82, 2.24) is 4.98 Å². The lowest BCUT2D eigenvalue weighted by Gasteiger charge is -2.07. The van der Waals surface area contributed by atoms with E-state index < -0.39 is 0 Å². The Morgan fingerprint density at radius 1 is 1.50 bits per heavy atom. The molecular weight excluding hydrogens is 251 g/mol. The summed E-state index contributed by atoms with van der Waals surface area (Å²) in [5.74, 6) is -0.419. The number of hydrogen-bond acceptors (Lipinski definition) is 4. The molecule has 2 aromatic rings. The van der Waals surface area contributed by atoms with Crippen molar-refractivity contribution in [1.29, 1.82) is 0 Å². The molecule has 1 aromatic heterocycles. The number of benzene rings is 1. The molecule has 0 fully saturated rings. The number of rotatable bonds is 5. The molecule has 0 amide bonds. The van der Waals surface area contributed by atoms with Gasteiger partial charge < -0.3 is 5.32 Å². The third-order valence-electron chi connectivity index (χ3n) is 2.51. The molecular formula is C13H13FN2OS. The number of aromatic nitrogens is 1. The number of ketones is 1. The van der Waals surface area contributed by atoms with Crippen molar-refractivity contribution in [3.05, 3.63) is 46.2 Å². The van der Waals surface area contributed by atoms with Gasteiger partial charge in [0.2, 0.25) is 0 Å². The van der Waals surface area contributed by atoms with Crippen LogP contribution in [0.25, 0.3) is 0 Å². The zero-order chi connectivity index (χ0) is 13.0. The number of nitrogens with zero attached hydrogens (tertiary/aromatic N) is 1. The fraction of sp³-hybridized carbons (Fsp3) is 0.231. The van der Waals surface area contributed by atoms with Crippen LogP contribution in [0, 0.1) is 5.82 Å². The van der Waals surface area contributed by atoms with E-state index in [1.165, 1.54) is 19.1 Å². The largest absolute Gasteiger partial charge is 0.382 e. The molecule has 0 aliphatic heterocycles. The summed E-state index contributed by atoms with van der Waals surface area (Å²) in [4.78, 5) is 15.4. The first-order chi connectivity index (χ1) is 8.66. The van der Waals surface area contributed by atoms with Crippen LogP contribution in [0.1, 0.15) is 22.3 Å². The minimum Gasteiger partial charge on any atom is -0.382 e. The van der Waals surface area contributed by atoms with Gasteiger partial charge >= 0.3 is 0 Å². The molecule has 94 valence electrons. The van der Waals surface area contributed by atoms with Gasteiger partial charge in [0.05, 0.1) is 10.7 Å². The average molecular weight is 264 g/mol. The van der Waals surface area contributed by atoms with Gasteiger partial charge in [0.25, 0.3) is 0 Å². The second-order valence-corrected chi connectivity index (χ2v) is 4.83. The van der Waals surface area contributed by atoms with E-state index in [0.717, 1.165) is 11.4 Å². The van der Waals surface area contributed by atoms with Gasteiger partial charge in [-0.25, -0.2) is 9.37 Å². The van der Waals surface area contributed by atoms with E-state index in [1.807, 2.05) is 5.38 Å². The van der Waals surface area contributed by atoms with Gasteiger partial charge in [-0.1, -0.05) is 0 Å². The Morgan fingerprint density at radius 2 is 2.33 bits per heavy atom. The number of halogens is 1. The summed E-state index contributed by atoms with van der Waals surface area (Å²) in [6.45, 7) is 2.05. The van der Waals surface area contributed by atoms with Gasteiger partial charge in [-0.15, -0.1) is 11.3 Å². The van der Waals surface area contributed by atoms with E-state index in [0.29, 0.717) is 17.8 Å². The number of thiazole rings is 1. The Balaban J connectivity index is 2.00. The number of carbonyl (C=O) groups excluding carboxylic acids is 1. The molecule has 18 heavy (non-hydrogen) atoms. The molecule has 0 saturated carbocycles. The third-order valence-corrected chi connectivity index (χ3v) is 3.35. The number of nitrogens with one attached hydrogen (secondary N) is 1. The lowest BCUT2D eigenvalue weighted by atomic mass is 10.1. The van der Waals surface area contributed by atoms with Crippen LogP contribution in [-0.2, 0) is 6.42 Å². The Kier molecular flexibility index (Phi) is 4.04. The van der Waals surface area contributed by atoms with Crippen LogP contribution in [0.5, 0.6) is 0 Å². The second-order valence-electron chi connectivity index (χ2n) is 3.85. The van der Waals surface area contributed by atoms with Crippen LogP contribution >= 0.6 is 11.3 Å². The van der Waals surface area contributed by atoms with E-state index in [2.05, 4.69) is 10.3 Å². The zero-order valence-corrected chi connectivity index (χ0v) is 10.8. The van der Waals surface area contributed by atoms with Crippen molar-refractivity contribution in [2.75, 3.05) is 11.9 Å². The van der Waals surface area contributed by atoms with Gasteiger partial charge in [0.1, 0.15) is 5.82 Å². The first-order valence-corrected chi connectivity index (χ1v) is 6.47. The van der Waals surface area contributed by atoms with Crippen molar-refractivity contribution in [3.63, 3.8) is 0 Å². The van der Waals surface area contributed by atoms with E-state index in [-0.39, 0.29) is 11.6 Å². The molecule has 0 spiro atoms. The summed E-state index contributed by atoms with van der Waals surface area (Å²) < 4.78 is 13.5. The maximum atomic E-state index is 13.5. The molecule has 0 bridgehead atoms. The normalized spacial score (nSPS) is 10.3. The highest BCUT2D eigenvalue weighted by atomic mass is 32.1. The van der Waals surface area contributed by atoms with Gasteiger partial charge in [-0.2, -0.15) is 0 Å². The molecule has 5 heteroatoms. The van der Waals surface area contributed by atoms with E-state index in [9.17, 15) is 9.18 Å². The SMILES string of the molecule is CC(=O)c1ccc(F)c(NCCc2nccs2)c1. The molecule has 0 unspecified atom stereocenters. The molecule has 1 N–H and O–H groups in total. The van der Waals surface area contributed by atoms with Crippen LogP contribution < -0.4 is 5.32 Å². The highest BCUT2D eigenvalue weighted by Crippen LogP contribution is 2.17. The van der Waals surface area contributed by atoms with Gasteiger partial charge in [0.15, 0.2) is 5.78 Å². The van der Waals surface area contributed by atoms with E-state index in [4.69, 9.17) is 0 Å². The lowest BCUT2D eigenvalue weighted by molar-refractivity contribution is 0.101. The van der Waals surface area contributed by atoms with Crippen LogP contribution in [0.2, 0.25) is 0 Å². The molecule has 0 saturated heterocycles.